The fourth-order valence-electron chi connectivity index (χ4n) is 2.12. The third kappa shape index (κ3) is 6.57. The van der Waals surface area contributed by atoms with Crippen molar-refractivity contribution in [3.63, 3.8) is 0 Å². The summed E-state index contributed by atoms with van der Waals surface area (Å²) in [6, 6.07) is 11.8. The number of halogens is 4. The zero-order chi connectivity index (χ0) is 20.7. The van der Waals surface area contributed by atoms with Gasteiger partial charge < -0.3 is 16.0 Å². The van der Waals surface area contributed by atoms with Gasteiger partial charge in [-0.25, -0.2) is 4.39 Å². The van der Waals surface area contributed by atoms with Gasteiger partial charge in [0, 0.05) is 16.3 Å². The number of carbonyl (C=O) groups excluding carboxylic acids is 1. The predicted octanol–water partition coefficient (Wildman–Crippen LogP) is 4.27. The number of alkyl halides is 2. The molecule has 28 heavy (non-hydrogen) atoms. The van der Waals surface area contributed by atoms with Crippen LogP contribution in [0.3, 0.4) is 0 Å². The fraction of sp³-hybridized carbons (Fsp3) is 0.167. The number of anilines is 1. The minimum Gasteiger partial charge on any atom is -0.332 e. The second-order valence-corrected chi connectivity index (χ2v) is 7.91. The number of aliphatic imine (C=N–C) groups is 1. The summed E-state index contributed by atoms with van der Waals surface area (Å²) in [6.07, 6.45) is 0.545. The SMILES string of the molecule is CC(Cl)(Cl)C(NC(=O)c1cccc(Cl)c1)N/C(=N/C#N)Nc1cccc(F)c1. The number of guanidine groups is 1. The van der Waals surface area contributed by atoms with Crippen LogP contribution in [0.2, 0.25) is 5.02 Å². The van der Waals surface area contributed by atoms with Gasteiger partial charge >= 0.3 is 0 Å². The number of hydrogen-bond donors (Lipinski definition) is 3. The van der Waals surface area contributed by atoms with E-state index in [4.69, 9.17) is 40.1 Å². The molecule has 0 saturated carbocycles. The van der Waals surface area contributed by atoms with Crippen LogP contribution in [0.15, 0.2) is 53.5 Å². The van der Waals surface area contributed by atoms with E-state index in [9.17, 15) is 9.18 Å². The summed E-state index contributed by atoms with van der Waals surface area (Å²) in [6.45, 7) is 1.44. The molecule has 3 N–H and O–H groups in total. The van der Waals surface area contributed by atoms with Crippen LogP contribution in [0.5, 0.6) is 0 Å². The molecule has 0 aliphatic carbocycles. The van der Waals surface area contributed by atoms with E-state index in [0.717, 1.165) is 0 Å². The molecular formula is C18H15Cl3FN5O. The topological polar surface area (TPSA) is 89.3 Å². The number of amides is 1. The maximum Gasteiger partial charge on any atom is 0.253 e. The lowest BCUT2D eigenvalue weighted by Gasteiger charge is -2.29. The lowest BCUT2D eigenvalue weighted by atomic mass is 10.2. The summed E-state index contributed by atoms with van der Waals surface area (Å²) in [7, 11) is 0. The van der Waals surface area contributed by atoms with E-state index in [-0.39, 0.29) is 11.5 Å². The van der Waals surface area contributed by atoms with Gasteiger partial charge in [-0.1, -0.05) is 46.9 Å². The van der Waals surface area contributed by atoms with E-state index in [0.29, 0.717) is 10.7 Å². The monoisotopic (exact) mass is 441 g/mol. The summed E-state index contributed by atoms with van der Waals surface area (Å²) in [4.78, 5) is 16.1. The Labute approximate surface area is 176 Å². The van der Waals surface area contributed by atoms with Crippen molar-refractivity contribution in [2.45, 2.75) is 17.4 Å². The van der Waals surface area contributed by atoms with Crippen LogP contribution < -0.4 is 16.0 Å². The first kappa shape index (κ1) is 21.8. The lowest BCUT2D eigenvalue weighted by molar-refractivity contribution is 0.0931. The molecule has 0 spiro atoms. The molecule has 1 unspecified atom stereocenters. The Morgan fingerprint density at radius 1 is 1.21 bits per heavy atom. The molecule has 0 radical (unpaired) electrons. The number of rotatable bonds is 5. The summed E-state index contributed by atoms with van der Waals surface area (Å²) in [5.41, 5.74) is 0.612. The Morgan fingerprint density at radius 2 is 1.93 bits per heavy atom. The van der Waals surface area contributed by atoms with Crippen LogP contribution in [0.25, 0.3) is 0 Å². The number of carbonyl (C=O) groups is 1. The third-order valence-corrected chi connectivity index (χ3v) is 4.07. The average Bonchev–Trinajstić information content (AvgIpc) is 2.60. The minimum absolute atomic E-state index is 0.0861. The van der Waals surface area contributed by atoms with Crippen molar-refractivity contribution in [2.75, 3.05) is 5.32 Å². The highest BCUT2D eigenvalue weighted by atomic mass is 35.5. The molecule has 0 aliphatic heterocycles. The molecule has 2 rings (SSSR count). The molecule has 146 valence electrons. The van der Waals surface area contributed by atoms with Crippen LogP contribution in [0.4, 0.5) is 10.1 Å². The maximum absolute atomic E-state index is 13.4. The van der Waals surface area contributed by atoms with Crippen LogP contribution in [-0.4, -0.2) is 22.4 Å². The van der Waals surface area contributed by atoms with Crippen LogP contribution in [-0.2, 0) is 0 Å². The molecule has 2 aromatic rings. The molecule has 0 aromatic heterocycles. The molecule has 1 amide bonds. The summed E-state index contributed by atoms with van der Waals surface area (Å²) in [5.74, 6) is -1.07. The van der Waals surface area contributed by atoms with E-state index in [1.54, 1.807) is 30.5 Å². The Morgan fingerprint density at radius 3 is 2.54 bits per heavy atom. The highest BCUT2D eigenvalue weighted by Crippen LogP contribution is 2.24. The number of nitrogens with one attached hydrogen (secondary N) is 3. The van der Waals surface area contributed by atoms with Crippen molar-refractivity contribution in [2.24, 2.45) is 4.99 Å². The first-order valence-corrected chi connectivity index (χ1v) is 9.02. The Bertz CT molecular complexity index is 924. The highest BCUT2D eigenvalue weighted by Gasteiger charge is 2.32. The molecule has 0 heterocycles. The van der Waals surface area contributed by atoms with Crippen molar-refractivity contribution in [1.82, 2.24) is 10.6 Å². The van der Waals surface area contributed by atoms with Gasteiger partial charge in [0.05, 0.1) is 0 Å². The van der Waals surface area contributed by atoms with Gasteiger partial charge in [-0.05, 0) is 43.3 Å². The van der Waals surface area contributed by atoms with Gasteiger partial charge in [0.25, 0.3) is 5.91 Å². The zero-order valence-electron chi connectivity index (χ0n) is 14.5. The van der Waals surface area contributed by atoms with Gasteiger partial charge in [0.2, 0.25) is 12.2 Å². The summed E-state index contributed by atoms with van der Waals surface area (Å²) in [5, 5.41) is 17.4. The normalized spacial score (nSPS) is 12.6. The van der Waals surface area contributed by atoms with Crippen LogP contribution >= 0.6 is 34.8 Å². The smallest absolute Gasteiger partial charge is 0.253 e. The molecular weight excluding hydrogens is 428 g/mol. The predicted molar refractivity (Wildman–Crippen MR) is 109 cm³/mol. The van der Waals surface area contributed by atoms with Crippen LogP contribution in [0, 0.1) is 17.3 Å². The van der Waals surface area contributed by atoms with Gasteiger partial charge in [-0.15, -0.1) is 4.99 Å². The quantitative estimate of drug-likeness (QED) is 0.212. The van der Waals surface area contributed by atoms with Crippen molar-refractivity contribution in [3.05, 3.63) is 64.9 Å². The summed E-state index contributed by atoms with van der Waals surface area (Å²) < 4.78 is 11.9. The molecule has 0 saturated heterocycles. The van der Waals surface area contributed by atoms with Gasteiger partial charge in [0.15, 0.2) is 4.33 Å². The molecule has 10 heteroatoms. The third-order valence-electron chi connectivity index (χ3n) is 3.40. The second kappa shape index (κ2) is 9.60. The first-order chi connectivity index (χ1) is 13.2. The second-order valence-electron chi connectivity index (χ2n) is 5.71. The fourth-order valence-corrected chi connectivity index (χ4v) is 2.53. The molecule has 1 atom stereocenters. The van der Waals surface area contributed by atoms with E-state index >= 15 is 0 Å². The molecule has 0 bridgehead atoms. The van der Waals surface area contributed by atoms with Gasteiger partial charge in [-0.3, -0.25) is 4.79 Å². The largest absolute Gasteiger partial charge is 0.332 e. The number of nitriles is 1. The van der Waals surface area contributed by atoms with Crippen molar-refractivity contribution >= 4 is 52.4 Å². The zero-order valence-corrected chi connectivity index (χ0v) is 16.8. The highest BCUT2D eigenvalue weighted by molar-refractivity contribution is 6.48. The molecule has 0 fully saturated rings. The summed E-state index contributed by atoms with van der Waals surface area (Å²) >= 11 is 18.2. The maximum atomic E-state index is 13.4. The molecule has 0 aliphatic rings. The Hall–Kier alpha value is -2.53. The number of nitrogens with zero attached hydrogens (tertiary/aromatic N) is 2. The average molecular weight is 443 g/mol. The number of benzene rings is 2. The van der Waals surface area contributed by atoms with Crippen molar-refractivity contribution in [1.29, 1.82) is 5.26 Å². The molecule has 2 aromatic carbocycles. The van der Waals surface area contributed by atoms with E-state index in [2.05, 4.69) is 20.9 Å². The Kier molecular flexibility index (Phi) is 7.46. The lowest BCUT2D eigenvalue weighted by Crippen LogP contribution is -2.57. The number of hydrogen-bond acceptors (Lipinski definition) is 3. The van der Waals surface area contributed by atoms with Crippen molar-refractivity contribution < 1.29 is 9.18 Å². The van der Waals surface area contributed by atoms with Gasteiger partial charge in [0.1, 0.15) is 12.0 Å². The van der Waals surface area contributed by atoms with Crippen molar-refractivity contribution in [3.8, 4) is 6.19 Å². The molecule has 6 nitrogen and oxygen atoms in total. The minimum atomic E-state index is -1.49. The standard InChI is InChI=1S/C18H15Cl3FN5O/c1-18(20,21)16(26-15(28)11-4-2-5-12(19)8-11)27-17(24-10-23)25-14-7-3-6-13(22)9-14/h2-9,16H,1H3,(H,26,28)(H2,24,25,27). The Balaban J connectivity index is 2.20. The first-order valence-electron chi connectivity index (χ1n) is 7.89. The van der Waals surface area contributed by atoms with Gasteiger partial charge in [-0.2, -0.15) is 5.26 Å². The van der Waals surface area contributed by atoms with E-state index in [1.165, 1.54) is 31.2 Å². The van der Waals surface area contributed by atoms with E-state index < -0.39 is 22.2 Å². The van der Waals surface area contributed by atoms with E-state index in [1.807, 2.05) is 0 Å². The van der Waals surface area contributed by atoms with Crippen LogP contribution in [0.1, 0.15) is 17.3 Å².